The molecule has 0 aromatic carbocycles. The third kappa shape index (κ3) is 3.91. The summed E-state index contributed by atoms with van der Waals surface area (Å²) in [7, 11) is -5.68. The molecule has 1 fully saturated rings. The predicted molar refractivity (Wildman–Crippen MR) is 73.7 cm³/mol. The highest BCUT2D eigenvalue weighted by Crippen LogP contribution is 2.39. The largest absolute Gasteiger partial charge is 0.534 e. The number of nitrogens with zero attached hydrogens (tertiary/aromatic N) is 1. The van der Waals surface area contributed by atoms with Gasteiger partial charge in [0.1, 0.15) is 11.4 Å². The predicted octanol–water partition coefficient (Wildman–Crippen LogP) is 2.91. The van der Waals surface area contributed by atoms with Crippen LogP contribution in [0.3, 0.4) is 0 Å². The van der Waals surface area contributed by atoms with E-state index in [2.05, 4.69) is 4.18 Å². The minimum atomic E-state index is -5.68. The van der Waals surface area contributed by atoms with Crippen molar-refractivity contribution in [1.82, 2.24) is 4.90 Å². The molecule has 0 saturated carbocycles. The minimum absolute atomic E-state index is 0.0162. The average molecular weight is 357 g/mol. The van der Waals surface area contributed by atoms with E-state index in [1.165, 1.54) is 4.90 Å². The summed E-state index contributed by atoms with van der Waals surface area (Å²) in [6.45, 7) is 5.13. The fourth-order valence-electron chi connectivity index (χ4n) is 2.52. The Morgan fingerprint density at radius 1 is 1.26 bits per heavy atom. The van der Waals surface area contributed by atoms with Gasteiger partial charge in [-0.1, -0.05) is 0 Å². The van der Waals surface area contributed by atoms with Crippen LogP contribution in [-0.4, -0.2) is 43.1 Å². The summed E-state index contributed by atoms with van der Waals surface area (Å²) < 4.78 is 68.9. The number of hydrogen-bond acceptors (Lipinski definition) is 5. The molecule has 1 atom stereocenters. The van der Waals surface area contributed by atoms with Crippen molar-refractivity contribution in [2.24, 2.45) is 0 Å². The zero-order valence-corrected chi connectivity index (χ0v) is 13.8. The summed E-state index contributed by atoms with van der Waals surface area (Å²) in [6.07, 6.45) is 0.293. The van der Waals surface area contributed by atoms with E-state index in [0.717, 1.165) is 0 Å². The van der Waals surface area contributed by atoms with E-state index in [1.54, 1.807) is 20.8 Å². The minimum Gasteiger partial charge on any atom is -0.444 e. The van der Waals surface area contributed by atoms with Gasteiger partial charge in [0, 0.05) is 19.0 Å². The van der Waals surface area contributed by atoms with Crippen molar-refractivity contribution >= 4 is 16.2 Å². The molecule has 10 heteroatoms. The Hall–Kier alpha value is -1.45. The SMILES string of the molecule is CC(C)(C)OC(=O)N1CC2=C(OS(=O)(=O)C(F)(F)F)CC1CC2. The van der Waals surface area contributed by atoms with Crippen molar-refractivity contribution in [2.75, 3.05) is 6.54 Å². The molecule has 2 heterocycles. The van der Waals surface area contributed by atoms with Crippen LogP contribution in [0.4, 0.5) is 18.0 Å². The lowest BCUT2D eigenvalue weighted by molar-refractivity contribution is -0.0531. The molecule has 0 aromatic heterocycles. The lowest BCUT2D eigenvalue weighted by Gasteiger charge is -2.42. The van der Waals surface area contributed by atoms with Gasteiger partial charge >= 0.3 is 21.7 Å². The third-order valence-corrected chi connectivity index (χ3v) is 4.51. The Morgan fingerprint density at radius 2 is 1.87 bits per heavy atom. The smallest absolute Gasteiger partial charge is 0.444 e. The van der Waals surface area contributed by atoms with Crippen molar-refractivity contribution < 1.29 is 35.3 Å². The molecule has 2 aliphatic heterocycles. The van der Waals surface area contributed by atoms with Gasteiger partial charge in [-0.25, -0.2) is 4.79 Å². The normalized spacial score (nSPS) is 22.3. The topological polar surface area (TPSA) is 72.9 Å². The van der Waals surface area contributed by atoms with Crippen LogP contribution >= 0.6 is 0 Å². The molecule has 23 heavy (non-hydrogen) atoms. The van der Waals surface area contributed by atoms with Gasteiger partial charge in [0.2, 0.25) is 0 Å². The van der Waals surface area contributed by atoms with Gasteiger partial charge in [-0.05, 0) is 39.2 Å². The molecule has 1 amide bonds. The summed E-state index contributed by atoms with van der Waals surface area (Å²) >= 11 is 0. The summed E-state index contributed by atoms with van der Waals surface area (Å²) in [5.41, 5.74) is -5.78. The number of rotatable bonds is 2. The second-order valence-corrected chi connectivity index (χ2v) is 8.05. The lowest BCUT2D eigenvalue weighted by atomic mass is 9.87. The number of piperidine rings is 1. The van der Waals surface area contributed by atoms with Gasteiger partial charge in [0.05, 0.1) is 0 Å². The first-order valence-electron chi connectivity index (χ1n) is 7.01. The van der Waals surface area contributed by atoms with Crippen LogP contribution in [0.15, 0.2) is 11.3 Å². The zero-order chi connectivity index (χ0) is 17.6. The van der Waals surface area contributed by atoms with E-state index < -0.39 is 33.4 Å². The molecule has 132 valence electrons. The first-order valence-corrected chi connectivity index (χ1v) is 8.42. The van der Waals surface area contributed by atoms with E-state index in [4.69, 9.17) is 4.74 Å². The van der Waals surface area contributed by atoms with Gasteiger partial charge in [0.15, 0.2) is 0 Å². The average Bonchev–Trinajstić information content (AvgIpc) is 2.35. The van der Waals surface area contributed by atoms with Gasteiger partial charge in [-0.2, -0.15) is 21.6 Å². The van der Waals surface area contributed by atoms with E-state index >= 15 is 0 Å². The molecule has 6 nitrogen and oxygen atoms in total. The molecule has 0 spiro atoms. The van der Waals surface area contributed by atoms with Crippen molar-refractivity contribution in [2.45, 2.75) is 57.2 Å². The van der Waals surface area contributed by atoms with Crippen molar-refractivity contribution in [3.63, 3.8) is 0 Å². The molecule has 1 saturated heterocycles. The van der Waals surface area contributed by atoms with E-state index in [0.29, 0.717) is 18.4 Å². The monoisotopic (exact) mass is 357 g/mol. The first kappa shape index (κ1) is 17.9. The summed E-state index contributed by atoms with van der Waals surface area (Å²) in [6, 6.07) is -0.430. The Kier molecular flexibility index (Phi) is 4.33. The Balaban J connectivity index is 2.15. The van der Waals surface area contributed by atoms with Crippen LogP contribution in [0, 0.1) is 0 Å². The Morgan fingerprint density at radius 3 is 2.30 bits per heavy atom. The van der Waals surface area contributed by atoms with Crippen LogP contribution in [0.5, 0.6) is 0 Å². The fourth-order valence-corrected chi connectivity index (χ4v) is 3.06. The summed E-state index contributed by atoms with van der Waals surface area (Å²) in [5.74, 6) is -0.210. The fraction of sp³-hybridized carbons (Fsp3) is 0.769. The molecule has 0 aromatic rings. The summed E-state index contributed by atoms with van der Waals surface area (Å²) in [4.78, 5) is 13.5. The number of alkyl halides is 3. The molecule has 0 N–H and O–H groups in total. The number of hydrogen-bond donors (Lipinski definition) is 0. The van der Waals surface area contributed by atoms with E-state index in [1.807, 2.05) is 0 Å². The number of fused-ring (bicyclic) bond motifs is 3. The zero-order valence-electron chi connectivity index (χ0n) is 12.9. The third-order valence-electron chi connectivity index (χ3n) is 3.52. The Bertz CT molecular complexity index is 633. The molecule has 2 bridgehead atoms. The molecular weight excluding hydrogens is 339 g/mol. The highest BCUT2D eigenvalue weighted by atomic mass is 32.2. The molecular formula is C13H18F3NO5S. The van der Waals surface area contributed by atoms with Gasteiger partial charge in [0.25, 0.3) is 0 Å². The number of carbonyl (C=O) groups excluding carboxylic acids is 1. The number of carbonyl (C=O) groups is 1. The van der Waals surface area contributed by atoms with Gasteiger partial charge in [-0.3, -0.25) is 0 Å². The number of ether oxygens (including phenoxy) is 1. The van der Waals surface area contributed by atoms with Crippen molar-refractivity contribution in [3.8, 4) is 0 Å². The van der Waals surface area contributed by atoms with Crippen LogP contribution in [0.2, 0.25) is 0 Å². The standard InChI is InChI=1S/C13H18F3NO5S/c1-12(2,3)21-11(18)17-7-8-4-5-9(17)6-10(8)22-23(19,20)13(14,15)16/h9H,4-7H2,1-3H3. The summed E-state index contributed by atoms with van der Waals surface area (Å²) in [5, 5.41) is 0. The van der Waals surface area contributed by atoms with Crippen LogP contribution in [0.1, 0.15) is 40.0 Å². The van der Waals surface area contributed by atoms with Crippen molar-refractivity contribution in [1.29, 1.82) is 0 Å². The second kappa shape index (κ2) is 5.57. The van der Waals surface area contributed by atoms with Crippen LogP contribution in [0.25, 0.3) is 0 Å². The number of amides is 1. The molecule has 1 aliphatic carbocycles. The molecule has 0 radical (unpaired) electrons. The first-order chi connectivity index (χ1) is 10.3. The Labute approximate surface area is 132 Å². The quantitative estimate of drug-likeness (QED) is 0.561. The maximum absolute atomic E-state index is 12.4. The molecule has 1 unspecified atom stereocenters. The second-order valence-electron chi connectivity index (χ2n) is 6.51. The van der Waals surface area contributed by atoms with Crippen LogP contribution in [-0.2, 0) is 19.0 Å². The van der Waals surface area contributed by atoms with Gasteiger partial charge < -0.3 is 13.8 Å². The highest BCUT2D eigenvalue weighted by molar-refractivity contribution is 7.87. The lowest BCUT2D eigenvalue weighted by Crippen LogP contribution is -2.50. The maximum Gasteiger partial charge on any atom is 0.534 e. The van der Waals surface area contributed by atoms with Crippen molar-refractivity contribution in [3.05, 3.63) is 11.3 Å². The highest BCUT2D eigenvalue weighted by Gasteiger charge is 2.50. The van der Waals surface area contributed by atoms with E-state index in [9.17, 15) is 26.4 Å². The van der Waals surface area contributed by atoms with E-state index in [-0.39, 0.29) is 18.7 Å². The maximum atomic E-state index is 12.4. The van der Waals surface area contributed by atoms with Crippen LogP contribution < -0.4 is 0 Å². The number of halogens is 3. The van der Waals surface area contributed by atoms with Gasteiger partial charge in [-0.15, -0.1) is 0 Å². The molecule has 3 aliphatic rings. The molecule has 3 rings (SSSR count).